The van der Waals surface area contributed by atoms with Gasteiger partial charge in [-0.25, -0.2) is 14.0 Å². The number of carboxylic acids is 2. The number of aliphatic carboxylic acids is 2. The molecular formula is C15H19FN2O4S. The summed E-state index contributed by atoms with van der Waals surface area (Å²) in [6, 6.07) is 4.88. The fraction of sp³-hybridized carbons (Fsp3) is 0.333. The molecule has 126 valence electrons. The highest BCUT2D eigenvalue weighted by Gasteiger charge is 2.05. The fourth-order valence-electron chi connectivity index (χ4n) is 1.91. The number of carboxylic acid groups (broad SMARTS) is 2. The van der Waals surface area contributed by atoms with E-state index in [1.807, 2.05) is 18.0 Å². The SMILES string of the molecule is NCCSCCCc1c[nH]c2ccc(F)cc12.O=C(O)C(=O)O. The van der Waals surface area contributed by atoms with Crippen LogP contribution in [0.2, 0.25) is 0 Å². The molecule has 0 aliphatic rings. The number of aryl methyl sites for hydroxylation is 1. The van der Waals surface area contributed by atoms with Crippen LogP contribution in [-0.2, 0) is 16.0 Å². The minimum absolute atomic E-state index is 0.171. The molecule has 0 radical (unpaired) electrons. The van der Waals surface area contributed by atoms with Crippen molar-refractivity contribution in [2.24, 2.45) is 5.73 Å². The molecule has 0 fully saturated rings. The molecule has 0 aliphatic heterocycles. The molecule has 0 atom stereocenters. The second-order valence-electron chi connectivity index (χ2n) is 4.62. The lowest BCUT2D eigenvalue weighted by Crippen LogP contribution is -2.09. The average Bonchev–Trinajstić information content (AvgIpc) is 2.90. The summed E-state index contributed by atoms with van der Waals surface area (Å²) >= 11 is 1.87. The number of H-pyrrole nitrogens is 1. The lowest BCUT2D eigenvalue weighted by Gasteiger charge is -2.00. The molecule has 6 nitrogen and oxygen atoms in total. The summed E-state index contributed by atoms with van der Waals surface area (Å²) < 4.78 is 13.2. The van der Waals surface area contributed by atoms with E-state index in [9.17, 15) is 4.39 Å². The molecule has 2 rings (SSSR count). The molecule has 0 aliphatic carbocycles. The number of hydrogen-bond acceptors (Lipinski definition) is 4. The van der Waals surface area contributed by atoms with Crippen LogP contribution in [0.3, 0.4) is 0 Å². The Hall–Kier alpha value is -2.06. The average molecular weight is 342 g/mol. The van der Waals surface area contributed by atoms with Gasteiger partial charge in [0.05, 0.1) is 0 Å². The number of aromatic amines is 1. The first-order valence-corrected chi connectivity index (χ1v) is 8.10. The van der Waals surface area contributed by atoms with Crippen LogP contribution < -0.4 is 5.73 Å². The lowest BCUT2D eigenvalue weighted by atomic mass is 10.1. The van der Waals surface area contributed by atoms with Gasteiger partial charge in [0.25, 0.3) is 0 Å². The largest absolute Gasteiger partial charge is 0.473 e. The van der Waals surface area contributed by atoms with Gasteiger partial charge in [0, 0.05) is 29.4 Å². The van der Waals surface area contributed by atoms with Crippen molar-refractivity contribution in [2.45, 2.75) is 12.8 Å². The molecule has 0 bridgehead atoms. The van der Waals surface area contributed by atoms with E-state index in [-0.39, 0.29) is 5.82 Å². The second-order valence-corrected chi connectivity index (χ2v) is 5.84. The molecule has 23 heavy (non-hydrogen) atoms. The summed E-state index contributed by atoms with van der Waals surface area (Å²) in [5, 5.41) is 15.8. The molecule has 1 aromatic heterocycles. The van der Waals surface area contributed by atoms with Gasteiger partial charge in [-0.1, -0.05) is 0 Å². The Morgan fingerprint density at radius 3 is 2.52 bits per heavy atom. The number of nitrogens with one attached hydrogen (secondary N) is 1. The monoisotopic (exact) mass is 342 g/mol. The van der Waals surface area contributed by atoms with Crippen LogP contribution in [0, 0.1) is 5.82 Å². The zero-order chi connectivity index (χ0) is 17.2. The number of benzene rings is 1. The first-order chi connectivity index (χ1) is 11.0. The number of rotatable bonds is 6. The summed E-state index contributed by atoms with van der Waals surface area (Å²) in [6.07, 6.45) is 4.08. The number of thioether (sulfide) groups is 1. The van der Waals surface area contributed by atoms with Crippen LogP contribution in [-0.4, -0.2) is 45.2 Å². The van der Waals surface area contributed by atoms with Gasteiger partial charge in [0.2, 0.25) is 0 Å². The summed E-state index contributed by atoms with van der Waals surface area (Å²) in [7, 11) is 0. The molecular weight excluding hydrogens is 323 g/mol. The van der Waals surface area contributed by atoms with Crippen molar-refractivity contribution in [3.05, 3.63) is 35.8 Å². The van der Waals surface area contributed by atoms with Crippen molar-refractivity contribution in [3.63, 3.8) is 0 Å². The van der Waals surface area contributed by atoms with E-state index < -0.39 is 11.9 Å². The highest BCUT2D eigenvalue weighted by atomic mass is 32.2. The Kier molecular flexibility index (Phi) is 8.14. The topological polar surface area (TPSA) is 116 Å². The molecule has 0 amide bonds. The Morgan fingerprint density at radius 2 is 1.91 bits per heavy atom. The summed E-state index contributed by atoms with van der Waals surface area (Å²) in [5.41, 5.74) is 7.64. The van der Waals surface area contributed by atoms with E-state index in [4.69, 9.17) is 25.5 Å². The molecule has 0 unspecified atom stereocenters. The van der Waals surface area contributed by atoms with Gasteiger partial charge in [-0.3, -0.25) is 0 Å². The quantitative estimate of drug-likeness (QED) is 0.472. The first kappa shape index (κ1) is 19.0. The summed E-state index contributed by atoms with van der Waals surface area (Å²) in [4.78, 5) is 21.4. The van der Waals surface area contributed by atoms with Gasteiger partial charge < -0.3 is 20.9 Å². The molecule has 0 spiro atoms. The maximum atomic E-state index is 13.2. The number of aromatic nitrogens is 1. The van der Waals surface area contributed by atoms with Crippen molar-refractivity contribution in [3.8, 4) is 0 Å². The summed E-state index contributed by atoms with van der Waals surface area (Å²) in [5.74, 6) is -1.69. The smallest absolute Gasteiger partial charge is 0.414 e. The second kappa shape index (κ2) is 9.86. The number of nitrogens with two attached hydrogens (primary N) is 1. The number of fused-ring (bicyclic) bond motifs is 1. The molecule has 1 heterocycles. The lowest BCUT2D eigenvalue weighted by molar-refractivity contribution is -0.159. The predicted molar refractivity (Wildman–Crippen MR) is 88.2 cm³/mol. The Labute approximate surface area is 136 Å². The number of carbonyl (C=O) groups is 2. The van der Waals surface area contributed by atoms with Crippen LogP contribution in [0.1, 0.15) is 12.0 Å². The van der Waals surface area contributed by atoms with Gasteiger partial charge in [-0.15, -0.1) is 0 Å². The highest BCUT2D eigenvalue weighted by molar-refractivity contribution is 7.99. The molecule has 0 saturated carbocycles. The van der Waals surface area contributed by atoms with Crippen LogP contribution in [0.25, 0.3) is 10.9 Å². The van der Waals surface area contributed by atoms with E-state index >= 15 is 0 Å². The fourth-order valence-corrected chi connectivity index (χ4v) is 2.63. The van der Waals surface area contributed by atoms with Crippen LogP contribution in [0.15, 0.2) is 24.4 Å². The minimum Gasteiger partial charge on any atom is -0.473 e. The minimum atomic E-state index is -1.82. The third-order valence-corrected chi connectivity index (χ3v) is 4.01. The zero-order valence-corrected chi connectivity index (χ0v) is 13.2. The van der Waals surface area contributed by atoms with Gasteiger partial charge in [0.15, 0.2) is 0 Å². The third-order valence-electron chi connectivity index (χ3n) is 2.91. The molecule has 1 aromatic carbocycles. The van der Waals surface area contributed by atoms with Gasteiger partial charge in [-0.05, 0) is 42.4 Å². The number of hydrogen-bond donors (Lipinski definition) is 4. The van der Waals surface area contributed by atoms with E-state index in [0.717, 1.165) is 41.8 Å². The van der Waals surface area contributed by atoms with E-state index in [1.54, 1.807) is 12.1 Å². The Morgan fingerprint density at radius 1 is 1.22 bits per heavy atom. The Balaban J connectivity index is 0.000000379. The van der Waals surface area contributed by atoms with Gasteiger partial charge in [0.1, 0.15) is 5.82 Å². The standard InChI is InChI=1S/C13H17FN2S.C2H2O4/c14-11-3-4-13-12(8-11)10(9-16-13)2-1-6-17-7-5-15;3-1(4)2(5)6/h3-4,8-9,16H,1-2,5-7,15H2;(H,3,4)(H,5,6). The zero-order valence-electron chi connectivity index (χ0n) is 12.4. The van der Waals surface area contributed by atoms with Crippen LogP contribution >= 0.6 is 11.8 Å². The van der Waals surface area contributed by atoms with Crippen LogP contribution in [0.4, 0.5) is 4.39 Å². The van der Waals surface area contributed by atoms with E-state index in [1.165, 1.54) is 11.6 Å². The van der Waals surface area contributed by atoms with Gasteiger partial charge >= 0.3 is 11.9 Å². The van der Waals surface area contributed by atoms with Crippen molar-refractivity contribution in [2.75, 3.05) is 18.1 Å². The molecule has 2 aromatic rings. The normalized spacial score (nSPS) is 10.2. The van der Waals surface area contributed by atoms with Gasteiger partial charge in [-0.2, -0.15) is 11.8 Å². The van der Waals surface area contributed by atoms with E-state index in [2.05, 4.69) is 4.98 Å². The Bertz CT molecular complexity index is 648. The summed E-state index contributed by atoms with van der Waals surface area (Å²) in [6.45, 7) is 0.739. The highest BCUT2D eigenvalue weighted by Crippen LogP contribution is 2.21. The van der Waals surface area contributed by atoms with Crippen molar-refractivity contribution >= 4 is 34.6 Å². The van der Waals surface area contributed by atoms with Crippen molar-refractivity contribution < 1.29 is 24.2 Å². The van der Waals surface area contributed by atoms with E-state index in [0.29, 0.717) is 0 Å². The number of halogens is 1. The molecule has 0 saturated heterocycles. The van der Waals surface area contributed by atoms with Crippen LogP contribution in [0.5, 0.6) is 0 Å². The third kappa shape index (κ3) is 6.70. The van der Waals surface area contributed by atoms with Crippen molar-refractivity contribution in [1.82, 2.24) is 4.98 Å². The first-order valence-electron chi connectivity index (χ1n) is 6.95. The molecule has 8 heteroatoms. The predicted octanol–water partition coefficient (Wildman–Crippen LogP) is 2.09. The maximum absolute atomic E-state index is 13.2. The maximum Gasteiger partial charge on any atom is 0.414 e. The van der Waals surface area contributed by atoms with Crippen molar-refractivity contribution in [1.29, 1.82) is 0 Å². The molecule has 5 N–H and O–H groups in total.